The molecule has 0 fully saturated rings. The number of sulfonamides is 1. The maximum atomic E-state index is 12.5. The van der Waals surface area contributed by atoms with Crippen molar-refractivity contribution in [2.75, 3.05) is 6.54 Å². The Kier molecular flexibility index (Phi) is 3.38. The largest absolute Gasteiger partial charge is 0.291 e. The molecular weight excluding hydrogens is 308 g/mol. The fraction of sp³-hybridized carbons (Fsp3) is 0.143. The Balaban J connectivity index is 1.90. The summed E-state index contributed by atoms with van der Waals surface area (Å²) in [6.07, 6.45) is 1.20. The Morgan fingerprint density at radius 2 is 2.00 bits per heavy atom. The van der Waals surface area contributed by atoms with Crippen molar-refractivity contribution in [1.82, 2.24) is 4.31 Å². The van der Waals surface area contributed by atoms with Gasteiger partial charge in [-0.3, -0.25) is 4.79 Å². The third-order valence-electron chi connectivity index (χ3n) is 3.09. The van der Waals surface area contributed by atoms with E-state index in [1.165, 1.54) is 23.7 Å². The van der Waals surface area contributed by atoms with Crippen molar-refractivity contribution in [3.63, 3.8) is 0 Å². The normalized spacial score (nSPS) is 15.8. The van der Waals surface area contributed by atoms with Crippen LogP contribution in [0.25, 0.3) is 0 Å². The lowest BCUT2D eigenvalue weighted by Crippen LogP contribution is -2.36. The average molecular weight is 320 g/mol. The number of benzene rings is 1. The highest BCUT2D eigenvalue weighted by atomic mass is 32.2. The smallest absolute Gasteiger partial charge is 0.267 e. The molecule has 1 aromatic carbocycles. The fourth-order valence-corrected chi connectivity index (χ4v) is 4.17. The van der Waals surface area contributed by atoms with Gasteiger partial charge < -0.3 is 0 Å². The molecule has 0 radical (unpaired) electrons. The lowest BCUT2D eigenvalue weighted by atomic mass is 10.3. The van der Waals surface area contributed by atoms with Gasteiger partial charge in [0, 0.05) is 4.88 Å². The van der Waals surface area contributed by atoms with E-state index in [0.29, 0.717) is 10.6 Å². The highest BCUT2D eigenvalue weighted by molar-refractivity contribution is 7.89. The lowest BCUT2D eigenvalue weighted by molar-refractivity contribution is 0.0985. The van der Waals surface area contributed by atoms with Gasteiger partial charge in [0.25, 0.3) is 10.0 Å². The zero-order valence-corrected chi connectivity index (χ0v) is 12.8. The summed E-state index contributed by atoms with van der Waals surface area (Å²) < 4.78 is 25.9. The van der Waals surface area contributed by atoms with Gasteiger partial charge in [-0.2, -0.15) is 0 Å². The number of rotatable bonds is 3. The number of thiophene rings is 1. The number of para-hydroxylation sites is 1. The Morgan fingerprint density at radius 1 is 1.24 bits per heavy atom. The van der Waals surface area contributed by atoms with Gasteiger partial charge >= 0.3 is 0 Å². The lowest BCUT2D eigenvalue weighted by Gasteiger charge is -2.23. The molecule has 0 saturated carbocycles. The van der Waals surface area contributed by atoms with Gasteiger partial charge in [-0.25, -0.2) is 17.7 Å². The van der Waals surface area contributed by atoms with Crippen LogP contribution in [0.2, 0.25) is 0 Å². The Morgan fingerprint density at radius 3 is 2.71 bits per heavy atom. The number of ketones is 1. The molecule has 108 valence electrons. The number of carbonyl (C=O) groups excluding carboxylic acids is 1. The van der Waals surface area contributed by atoms with Crippen LogP contribution in [-0.2, 0) is 10.0 Å². The predicted molar refractivity (Wildman–Crippen MR) is 81.9 cm³/mol. The van der Waals surface area contributed by atoms with Crippen LogP contribution >= 0.6 is 11.3 Å². The summed E-state index contributed by atoms with van der Waals surface area (Å²) >= 11 is 1.35. The summed E-state index contributed by atoms with van der Waals surface area (Å²) in [5.74, 6) is -0.234. The fourth-order valence-electron chi connectivity index (χ4n) is 2.03. The molecule has 0 aliphatic carbocycles. The Hall–Kier alpha value is -1.99. The van der Waals surface area contributed by atoms with Crippen LogP contribution in [0.1, 0.15) is 14.5 Å². The number of nitrogens with zero attached hydrogens (tertiary/aromatic N) is 2. The van der Waals surface area contributed by atoms with Gasteiger partial charge in [-0.1, -0.05) is 12.1 Å². The first-order chi connectivity index (χ1) is 9.98. The molecule has 0 spiro atoms. The van der Waals surface area contributed by atoms with Crippen molar-refractivity contribution in [1.29, 1.82) is 0 Å². The Bertz CT molecular complexity index is 837. The van der Waals surface area contributed by atoms with Crippen molar-refractivity contribution in [3.8, 4) is 0 Å². The first-order valence-electron chi connectivity index (χ1n) is 6.23. The summed E-state index contributed by atoms with van der Waals surface area (Å²) in [5.41, 5.74) is 0.396. The quantitative estimate of drug-likeness (QED) is 0.816. The molecule has 0 amide bonds. The molecule has 0 saturated heterocycles. The van der Waals surface area contributed by atoms with Crippen molar-refractivity contribution >= 4 is 39.2 Å². The van der Waals surface area contributed by atoms with E-state index in [1.807, 2.05) is 13.0 Å². The number of aliphatic imine (C=N–C) groups is 1. The van der Waals surface area contributed by atoms with E-state index in [4.69, 9.17) is 0 Å². The molecule has 0 atom stereocenters. The van der Waals surface area contributed by atoms with Gasteiger partial charge in [-0.15, -0.1) is 11.3 Å². The highest BCUT2D eigenvalue weighted by Crippen LogP contribution is 2.30. The van der Waals surface area contributed by atoms with E-state index in [1.54, 1.807) is 24.3 Å². The van der Waals surface area contributed by atoms with Crippen molar-refractivity contribution in [3.05, 3.63) is 46.2 Å². The molecule has 1 aromatic heterocycles. The van der Waals surface area contributed by atoms with Gasteiger partial charge in [0.2, 0.25) is 0 Å². The summed E-state index contributed by atoms with van der Waals surface area (Å²) in [6.45, 7) is 1.66. The first-order valence-corrected chi connectivity index (χ1v) is 8.49. The molecule has 3 rings (SSSR count). The summed E-state index contributed by atoms with van der Waals surface area (Å²) in [4.78, 5) is 18.0. The van der Waals surface area contributed by atoms with E-state index in [0.717, 1.165) is 9.18 Å². The van der Waals surface area contributed by atoms with E-state index < -0.39 is 10.0 Å². The van der Waals surface area contributed by atoms with Crippen LogP contribution in [0, 0.1) is 6.92 Å². The van der Waals surface area contributed by atoms with Crippen LogP contribution in [-0.4, -0.2) is 31.4 Å². The van der Waals surface area contributed by atoms with Crippen molar-refractivity contribution in [2.24, 2.45) is 4.99 Å². The zero-order valence-electron chi connectivity index (χ0n) is 11.2. The van der Waals surface area contributed by atoms with Gasteiger partial charge in [0.05, 0.1) is 17.1 Å². The number of hydrogen-bond acceptors (Lipinski definition) is 5. The van der Waals surface area contributed by atoms with Crippen molar-refractivity contribution in [2.45, 2.75) is 11.8 Å². The second-order valence-corrected chi connectivity index (χ2v) is 7.74. The third kappa shape index (κ3) is 2.50. The molecule has 0 bridgehead atoms. The minimum Gasteiger partial charge on any atom is -0.291 e. The molecule has 0 N–H and O–H groups in total. The van der Waals surface area contributed by atoms with Crippen LogP contribution < -0.4 is 0 Å². The van der Waals surface area contributed by atoms with Crippen LogP contribution in [0.5, 0.6) is 0 Å². The number of carbonyl (C=O) groups is 1. The molecule has 1 aliphatic heterocycles. The highest BCUT2D eigenvalue weighted by Gasteiger charge is 2.30. The third-order valence-corrected chi connectivity index (χ3v) is 5.88. The van der Waals surface area contributed by atoms with E-state index >= 15 is 0 Å². The van der Waals surface area contributed by atoms with Crippen LogP contribution in [0.3, 0.4) is 0 Å². The standard InChI is InChI=1S/C14H12N2O3S2/c1-10-6-7-13(20-10)12(17)8-16-9-15-11-4-2-3-5-14(11)21(16,18)19/h2-7,9H,8H2,1H3. The average Bonchev–Trinajstić information content (AvgIpc) is 2.89. The minimum absolute atomic E-state index is 0.127. The maximum absolute atomic E-state index is 12.5. The molecule has 5 nitrogen and oxygen atoms in total. The van der Waals surface area contributed by atoms with Crippen LogP contribution in [0.15, 0.2) is 46.3 Å². The number of Topliss-reactive ketones (excluding diaryl/α,β-unsaturated/α-hetero) is 1. The molecule has 1 aliphatic rings. The van der Waals surface area contributed by atoms with Gasteiger partial charge in [-0.05, 0) is 31.2 Å². The topological polar surface area (TPSA) is 66.8 Å². The molecule has 2 aromatic rings. The SMILES string of the molecule is Cc1ccc(C(=O)CN2C=Nc3ccccc3S2(=O)=O)s1. The number of hydrogen-bond donors (Lipinski definition) is 0. The van der Waals surface area contributed by atoms with E-state index in [-0.39, 0.29) is 17.2 Å². The van der Waals surface area contributed by atoms with E-state index in [9.17, 15) is 13.2 Å². The van der Waals surface area contributed by atoms with Gasteiger partial charge in [0.1, 0.15) is 11.2 Å². The minimum atomic E-state index is -3.71. The van der Waals surface area contributed by atoms with Crippen LogP contribution in [0.4, 0.5) is 5.69 Å². The number of fused-ring (bicyclic) bond motifs is 1. The summed E-state index contributed by atoms with van der Waals surface area (Å²) in [6, 6.07) is 10.0. The maximum Gasteiger partial charge on any atom is 0.267 e. The first kappa shape index (κ1) is 14.0. The van der Waals surface area contributed by atoms with Crippen molar-refractivity contribution < 1.29 is 13.2 Å². The molecule has 2 heterocycles. The summed E-state index contributed by atoms with van der Waals surface area (Å²) in [7, 11) is -3.71. The second kappa shape index (κ2) is 5.09. The van der Waals surface area contributed by atoms with E-state index in [2.05, 4.69) is 4.99 Å². The zero-order chi connectivity index (χ0) is 15.0. The second-order valence-electron chi connectivity index (χ2n) is 4.60. The summed E-state index contributed by atoms with van der Waals surface area (Å²) in [5, 5.41) is 0. The molecule has 21 heavy (non-hydrogen) atoms. The molecule has 0 unspecified atom stereocenters. The Labute approximate surface area is 126 Å². The van der Waals surface area contributed by atoms with Gasteiger partial charge in [0.15, 0.2) is 5.78 Å². The molecular formula is C14H12N2O3S2. The molecule has 7 heteroatoms. The predicted octanol–water partition coefficient (Wildman–Crippen LogP) is 2.60. The monoisotopic (exact) mass is 320 g/mol. The number of aryl methyl sites for hydroxylation is 1.